The third-order valence-electron chi connectivity index (χ3n) is 3.27. The molecule has 3 rings (SSSR count). The Morgan fingerprint density at radius 1 is 1.14 bits per heavy atom. The third-order valence-corrected chi connectivity index (χ3v) is 3.27. The van der Waals surface area contributed by atoms with Crippen molar-refractivity contribution in [1.82, 2.24) is 0 Å². The van der Waals surface area contributed by atoms with E-state index in [1.165, 1.54) is 6.08 Å². The summed E-state index contributed by atoms with van der Waals surface area (Å²) < 4.78 is 15.9. The van der Waals surface area contributed by atoms with Gasteiger partial charge in [-0.15, -0.1) is 0 Å². The van der Waals surface area contributed by atoms with E-state index in [0.717, 1.165) is 28.2 Å². The molecule has 0 fully saturated rings. The fourth-order valence-electron chi connectivity index (χ4n) is 2.25. The van der Waals surface area contributed by atoms with Crippen LogP contribution in [0.1, 0.15) is 11.1 Å². The first-order valence-electron chi connectivity index (χ1n) is 6.46. The molecular weight excluding hydrogens is 266 g/mol. The van der Waals surface area contributed by atoms with Gasteiger partial charge in [-0.3, -0.25) is 0 Å². The van der Waals surface area contributed by atoms with Crippen LogP contribution < -0.4 is 14.2 Å². The topological polar surface area (TPSA) is 51.5 Å². The van der Waals surface area contributed by atoms with E-state index in [0.29, 0.717) is 5.75 Å². The molecule has 0 saturated heterocycles. The average molecular weight is 279 g/mol. The number of fused-ring (bicyclic) bond motifs is 1. The van der Waals surface area contributed by atoms with E-state index < -0.39 is 0 Å². The molecule has 0 radical (unpaired) electrons. The molecular formula is C17H13NO3. The molecule has 0 N–H and O–H groups in total. The van der Waals surface area contributed by atoms with Crippen LogP contribution in [0.2, 0.25) is 0 Å². The lowest BCUT2D eigenvalue weighted by Crippen LogP contribution is -1.93. The molecule has 0 spiro atoms. The van der Waals surface area contributed by atoms with E-state index in [9.17, 15) is 0 Å². The van der Waals surface area contributed by atoms with Crippen molar-refractivity contribution in [3.8, 4) is 23.3 Å². The average Bonchev–Trinajstić information content (AvgIpc) is 3.00. The highest BCUT2D eigenvalue weighted by atomic mass is 16.7. The SMILES string of the molecule is COc1cccc(/C(=C\C#N)c2ccc3c(c2)OCO3)c1. The van der Waals surface area contributed by atoms with Gasteiger partial charge >= 0.3 is 0 Å². The first kappa shape index (κ1) is 13.1. The van der Waals surface area contributed by atoms with Gasteiger partial charge in [-0.05, 0) is 41.0 Å². The molecule has 4 heteroatoms. The largest absolute Gasteiger partial charge is 0.497 e. The van der Waals surface area contributed by atoms with Gasteiger partial charge in [0.1, 0.15) is 5.75 Å². The third kappa shape index (κ3) is 2.54. The molecule has 0 aliphatic carbocycles. The molecule has 4 nitrogen and oxygen atoms in total. The summed E-state index contributed by atoms with van der Waals surface area (Å²) in [5, 5.41) is 9.07. The van der Waals surface area contributed by atoms with Crippen LogP contribution >= 0.6 is 0 Å². The lowest BCUT2D eigenvalue weighted by Gasteiger charge is -2.09. The summed E-state index contributed by atoms with van der Waals surface area (Å²) in [7, 11) is 1.62. The minimum Gasteiger partial charge on any atom is -0.497 e. The summed E-state index contributed by atoms with van der Waals surface area (Å²) in [6.07, 6.45) is 1.52. The van der Waals surface area contributed by atoms with E-state index >= 15 is 0 Å². The number of nitrogens with zero attached hydrogens (tertiary/aromatic N) is 1. The van der Waals surface area contributed by atoms with Gasteiger partial charge < -0.3 is 14.2 Å². The molecule has 1 aliphatic rings. The standard InChI is InChI=1S/C17H13NO3/c1-19-14-4-2-3-12(9-14)15(7-8-18)13-5-6-16-17(10-13)21-11-20-16/h2-7,9-10H,11H2,1H3/b15-7+. The van der Waals surface area contributed by atoms with Crippen molar-refractivity contribution in [3.05, 3.63) is 59.7 Å². The van der Waals surface area contributed by atoms with E-state index in [4.69, 9.17) is 19.5 Å². The van der Waals surface area contributed by atoms with Crippen LogP contribution in [0.15, 0.2) is 48.5 Å². The fourth-order valence-corrected chi connectivity index (χ4v) is 2.25. The van der Waals surface area contributed by atoms with Crippen molar-refractivity contribution < 1.29 is 14.2 Å². The smallest absolute Gasteiger partial charge is 0.231 e. The van der Waals surface area contributed by atoms with E-state index in [2.05, 4.69) is 6.07 Å². The molecule has 0 aromatic heterocycles. The van der Waals surface area contributed by atoms with Crippen molar-refractivity contribution in [2.45, 2.75) is 0 Å². The molecule has 0 bridgehead atoms. The Hall–Kier alpha value is -2.93. The monoisotopic (exact) mass is 279 g/mol. The van der Waals surface area contributed by atoms with Crippen molar-refractivity contribution in [3.63, 3.8) is 0 Å². The van der Waals surface area contributed by atoms with Crippen LogP contribution in [0.5, 0.6) is 17.2 Å². The molecule has 0 saturated carbocycles. The number of hydrogen-bond acceptors (Lipinski definition) is 4. The second-order valence-corrected chi connectivity index (χ2v) is 4.49. The minimum atomic E-state index is 0.231. The quantitative estimate of drug-likeness (QED) is 0.808. The number of nitriles is 1. The Labute approximate surface area is 122 Å². The summed E-state index contributed by atoms with van der Waals surface area (Å²) in [5.74, 6) is 2.16. The Kier molecular flexibility index (Phi) is 3.48. The second-order valence-electron chi connectivity index (χ2n) is 4.49. The molecule has 0 unspecified atom stereocenters. The molecule has 0 amide bonds. The number of benzene rings is 2. The summed E-state index contributed by atoms with van der Waals surface area (Å²) in [5.41, 5.74) is 2.62. The van der Waals surface area contributed by atoms with Gasteiger partial charge in [-0.25, -0.2) is 0 Å². The van der Waals surface area contributed by atoms with Gasteiger partial charge in [-0.1, -0.05) is 18.2 Å². The van der Waals surface area contributed by atoms with Crippen LogP contribution in [-0.2, 0) is 0 Å². The number of ether oxygens (including phenoxy) is 3. The minimum absolute atomic E-state index is 0.231. The predicted molar refractivity (Wildman–Crippen MR) is 78.3 cm³/mol. The Morgan fingerprint density at radius 3 is 2.76 bits per heavy atom. The van der Waals surface area contributed by atoms with Crippen LogP contribution in [0.3, 0.4) is 0 Å². The fraction of sp³-hybridized carbons (Fsp3) is 0.118. The Balaban J connectivity index is 2.06. The number of hydrogen-bond donors (Lipinski definition) is 0. The summed E-state index contributed by atoms with van der Waals surface area (Å²) in [6.45, 7) is 0.231. The van der Waals surface area contributed by atoms with Crippen molar-refractivity contribution in [1.29, 1.82) is 5.26 Å². The maximum Gasteiger partial charge on any atom is 0.231 e. The zero-order chi connectivity index (χ0) is 14.7. The lowest BCUT2D eigenvalue weighted by atomic mass is 9.97. The van der Waals surface area contributed by atoms with E-state index in [1.807, 2.05) is 42.5 Å². The van der Waals surface area contributed by atoms with Crippen molar-refractivity contribution in [2.24, 2.45) is 0 Å². The van der Waals surface area contributed by atoms with Gasteiger partial charge in [0.15, 0.2) is 11.5 Å². The number of rotatable bonds is 3. The molecule has 2 aromatic carbocycles. The van der Waals surface area contributed by atoms with Crippen LogP contribution in [-0.4, -0.2) is 13.9 Å². The number of allylic oxidation sites excluding steroid dienone is 1. The summed E-state index contributed by atoms with van der Waals surface area (Å²) in [6, 6.07) is 15.3. The molecule has 0 atom stereocenters. The molecule has 2 aromatic rings. The first-order valence-corrected chi connectivity index (χ1v) is 6.46. The maximum atomic E-state index is 9.07. The van der Waals surface area contributed by atoms with Gasteiger partial charge in [0.05, 0.1) is 13.2 Å². The van der Waals surface area contributed by atoms with Gasteiger partial charge in [-0.2, -0.15) is 5.26 Å². The first-order chi connectivity index (χ1) is 10.3. The predicted octanol–water partition coefficient (Wildman–Crippen LogP) is 3.38. The highest BCUT2D eigenvalue weighted by Gasteiger charge is 2.15. The van der Waals surface area contributed by atoms with Crippen molar-refractivity contribution >= 4 is 5.57 Å². The normalized spacial score (nSPS) is 12.9. The number of methoxy groups -OCH3 is 1. The zero-order valence-corrected chi connectivity index (χ0v) is 11.5. The summed E-state index contributed by atoms with van der Waals surface area (Å²) >= 11 is 0. The second kappa shape index (κ2) is 5.59. The Bertz CT molecular complexity index is 744. The van der Waals surface area contributed by atoms with E-state index in [1.54, 1.807) is 7.11 Å². The van der Waals surface area contributed by atoms with Crippen molar-refractivity contribution in [2.75, 3.05) is 13.9 Å². The lowest BCUT2D eigenvalue weighted by molar-refractivity contribution is 0.174. The van der Waals surface area contributed by atoms with Crippen LogP contribution in [0.25, 0.3) is 5.57 Å². The van der Waals surface area contributed by atoms with Gasteiger partial charge in [0, 0.05) is 6.08 Å². The highest BCUT2D eigenvalue weighted by molar-refractivity contribution is 5.82. The van der Waals surface area contributed by atoms with Crippen LogP contribution in [0, 0.1) is 11.3 Å². The van der Waals surface area contributed by atoms with Gasteiger partial charge in [0.25, 0.3) is 0 Å². The Morgan fingerprint density at radius 2 is 1.95 bits per heavy atom. The molecule has 1 aliphatic heterocycles. The van der Waals surface area contributed by atoms with Gasteiger partial charge in [0.2, 0.25) is 6.79 Å². The molecule has 1 heterocycles. The zero-order valence-electron chi connectivity index (χ0n) is 11.5. The van der Waals surface area contributed by atoms with Crippen LogP contribution in [0.4, 0.5) is 0 Å². The summed E-state index contributed by atoms with van der Waals surface area (Å²) in [4.78, 5) is 0. The highest BCUT2D eigenvalue weighted by Crippen LogP contribution is 2.36. The molecule has 104 valence electrons. The maximum absolute atomic E-state index is 9.07. The van der Waals surface area contributed by atoms with E-state index in [-0.39, 0.29) is 6.79 Å². The molecule has 21 heavy (non-hydrogen) atoms.